The number of methoxy groups -OCH3 is 1. The van der Waals surface area contributed by atoms with Gasteiger partial charge in [-0.25, -0.2) is 19.1 Å². The molecule has 3 atom stereocenters. The monoisotopic (exact) mass is 588 g/mol. The van der Waals surface area contributed by atoms with Crippen LogP contribution in [-0.2, 0) is 9.47 Å². The molecule has 2 aliphatic rings. The van der Waals surface area contributed by atoms with Gasteiger partial charge >= 0.3 is 18.3 Å². The van der Waals surface area contributed by atoms with Crippen LogP contribution in [0.1, 0.15) is 82.7 Å². The maximum Gasteiger partial charge on any atom is 0.410 e. The summed E-state index contributed by atoms with van der Waals surface area (Å²) in [5, 5.41) is 9.17. The van der Waals surface area contributed by atoms with Gasteiger partial charge < -0.3 is 25.0 Å². The number of urea groups is 1. The summed E-state index contributed by atoms with van der Waals surface area (Å²) < 4.78 is 52.6. The number of alkyl halides is 3. The number of alkyl carbamates (subject to hydrolysis) is 1. The van der Waals surface area contributed by atoms with Gasteiger partial charge in [0.15, 0.2) is 10.8 Å². The highest BCUT2D eigenvalue weighted by molar-refractivity contribution is 6.30. The minimum absolute atomic E-state index is 0.0147. The normalized spacial score (nSPS) is 20.8. The van der Waals surface area contributed by atoms with E-state index in [-0.39, 0.29) is 17.7 Å². The fraction of sp³-hybridized carbons (Fsp3) is 0.692. The van der Waals surface area contributed by atoms with Gasteiger partial charge in [-0.05, 0) is 39.7 Å². The largest absolute Gasteiger partial charge is 0.439 e. The number of aromatic nitrogens is 3. The van der Waals surface area contributed by atoms with Crippen molar-refractivity contribution in [1.29, 1.82) is 0 Å². The van der Waals surface area contributed by atoms with E-state index < -0.39 is 48.6 Å². The first kappa shape index (κ1) is 30.2. The predicted octanol–water partition coefficient (Wildman–Crippen LogP) is 5.56. The number of amides is 3. The number of halogens is 4. The molecule has 0 radical (unpaired) electrons. The molecule has 2 aromatic rings. The van der Waals surface area contributed by atoms with Crippen LogP contribution >= 0.6 is 11.6 Å². The molecule has 0 bridgehead atoms. The van der Waals surface area contributed by atoms with Crippen molar-refractivity contribution in [1.82, 2.24) is 30.1 Å². The molecule has 1 aliphatic carbocycles. The summed E-state index contributed by atoms with van der Waals surface area (Å²) in [5.74, 6) is 0.0573. The van der Waals surface area contributed by atoms with E-state index >= 15 is 0 Å². The summed E-state index contributed by atoms with van der Waals surface area (Å²) in [7, 11) is 1.38. The van der Waals surface area contributed by atoms with E-state index in [0.717, 1.165) is 43.4 Å². The van der Waals surface area contributed by atoms with E-state index in [1.165, 1.54) is 11.6 Å². The van der Waals surface area contributed by atoms with E-state index in [4.69, 9.17) is 26.1 Å². The molecule has 0 spiro atoms. The Balaban J connectivity index is 1.68. The Morgan fingerprint density at radius 1 is 1.23 bits per heavy atom. The van der Waals surface area contributed by atoms with Crippen LogP contribution in [0.5, 0.6) is 0 Å². The summed E-state index contributed by atoms with van der Waals surface area (Å²) in [5.41, 5.74) is 0.651. The van der Waals surface area contributed by atoms with Gasteiger partial charge in [-0.3, -0.25) is 0 Å². The fourth-order valence-electron chi connectivity index (χ4n) is 5.28. The zero-order valence-electron chi connectivity index (χ0n) is 23.1. The Morgan fingerprint density at radius 2 is 1.90 bits per heavy atom. The standard InChI is InChI=1S/C26H36ClF3N6O4/c1-25(2,3)33-24(38)40-21(15-9-7-5-6-8-10-15)17-12-36-20(31-17)11-16(22(27)34-36)18(14-39-4)35-13-19(26(28,29)30)32-23(35)37/h11-12,15,18-19,21H,5-10,13-14H2,1-4H3,(H,32,37)(H,33,38)/t18-,19?,21+/m1/s1. The lowest BCUT2D eigenvalue weighted by molar-refractivity contribution is -0.150. The third-order valence-corrected chi connectivity index (χ3v) is 7.47. The smallest absolute Gasteiger partial charge is 0.410 e. The lowest BCUT2D eigenvalue weighted by Gasteiger charge is -2.27. The summed E-state index contributed by atoms with van der Waals surface area (Å²) in [4.78, 5) is 31.1. The van der Waals surface area contributed by atoms with Crippen molar-refractivity contribution in [2.45, 2.75) is 89.2 Å². The molecule has 10 nitrogen and oxygen atoms in total. The van der Waals surface area contributed by atoms with Gasteiger partial charge in [0.1, 0.15) is 17.8 Å². The molecule has 1 aliphatic heterocycles. The van der Waals surface area contributed by atoms with Crippen molar-refractivity contribution in [3.05, 3.63) is 28.7 Å². The van der Waals surface area contributed by atoms with Crippen LogP contribution in [0.2, 0.25) is 5.15 Å². The van der Waals surface area contributed by atoms with Gasteiger partial charge in [-0.2, -0.15) is 18.3 Å². The number of carbonyl (C=O) groups excluding carboxylic acids is 2. The number of fused-ring (bicyclic) bond motifs is 1. The molecule has 222 valence electrons. The molecule has 4 rings (SSSR count). The van der Waals surface area contributed by atoms with E-state index in [9.17, 15) is 22.8 Å². The Kier molecular flexibility index (Phi) is 9.03. The topological polar surface area (TPSA) is 110 Å². The van der Waals surface area contributed by atoms with E-state index in [0.29, 0.717) is 16.9 Å². The van der Waals surface area contributed by atoms with Gasteiger partial charge in [0.05, 0.1) is 25.4 Å². The third-order valence-electron chi connectivity index (χ3n) is 7.17. The van der Waals surface area contributed by atoms with Crippen LogP contribution in [0, 0.1) is 5.92 Å². The van der Waals surface area contributed by atoms with Crippen LogP contribution in [0.3, 0.4) is 0 Å². The van der Waals surface area contributed by atoms with Crippen molar-refractivity contribution >= 4 is 29.4 Å². The number of imidazole rings is 1. The summed E-state index contributed by atoms with van der Waals surface area (Å²) in [6.07, 6.45) is 1.89. The lowest BCUT2D eigenvalue weighted by atomic mass is 9.92. The van der Waals surface area contributed by atoms with E-state index in [1.54, 1.807) is 12.3 Å². The predicted molar refractivity (Wildman–Crippen MR) is 141 cm³/mol. The number of hydrogen-bond donors (Lipinski definition) is 2. The zero-order valence-corrected chi connectivity index (χ0v) is 23.8. The average molecular weight is 589 g/mol. The Bertz CT molecular complexity index is 1210. The first-order valence-electron chi connectivity index (χ1n) is 13.4. The number of hydrogen-bond acceptors (Lipinski definition) is 6. The lowest BCUT2D eigenvalue weighted by Crippen LogP contribution is -2.42. The maximum atomic E-state index is 13.3. The quantitative estimate of drug-likeness (QED) is 0.410. The summed E-state index contributed by atoms with van der Waals surface area (Å²) in [6, 6.07) is -2.25. The second-order valence-electron chi connectivity index (χ2n) is 11.5. The number of carbonyl (C=O) groups is 2. The average Bonchev–Trinajstić information content (AvgIpc) is 3.32. The highest BCUT2D eigenvalue weighted by Crippen LogP contribution is 2.37. The number of rotatable bonds is 7. The van der Waals surface area contributed by atoms with Gasteiger partial charge in [0.2, 0.25) is 0 Å². The van der Waals surface area contributed by atoms with Crippen molar-refractivity contribution in [3.63, 3.8) is 0 Å². The zero-order chi connectivity index (χ0) is 29.2. The first-order valence-corrected chi connectivity index (χ1v) is 13.8. The highest BCUT2D eigenvalue weighted by atomic mass is 35.5. The minimum atomic E-state index is -4.60. The van der Waals surface area contributed by atoms with Gasteiger partial charge in [-0.15, -0.1) is 0 Å². The Morgan fingerprint density at radius 3 is 2.48 bits per heavy atom. The van der Waals surface area contributed by atoms with Crippen molar-refractivity contribution in [2.75, 3.05) is 20.3 Å². The molecule has 0 aromatic carbocycles. The molecule has 14 heteroatoms. The third kappa shape index (κ3) is 7.09. The van der Waals surface area contributed by atoms with Gasteiger partial charge in [0.25, 0.3) is 0 Å². The Labute approximate surface area is 235 Å². The molecule has 1 unspecified atom stereocenters. The molecule has 2 aromatic heterocycles. The van der Waals surface area contributed by atoms with E-state index in [2.05, 4.69) is 10.4 Å². The molecule has 2 N–H and O–H groups in total. The SMILES string of the molecule is COC[C@H](c1cc2nc([C@@H](OC(=O)NC(C)(C)C)C3CCCCCC3)cn2nc1Cl)N1CC(C(F)(F)F)NC1=O. The van der Waals surface area contributed by atoms with E-state index in [1.807, 2.05) is 26.1 Å². The Hall–Kier alpha value is -2.80. The van der Waals surface area contributed by atoms with Gasteiger partial charge in [-0.1, -0.05) is 37.3 Å². The fourth-order valence-corrected chi connectivity index (χ4v) is 5.55. The van der Waals surface area contributed by atoms with Crippen LogP contribution in [0.15, 0.2) is 12.3 Å². The van der Waals surface area contributed by atoms with Gasteiger partial charge in [0, 0.05) is 24.1 Å². The highest BCUT2D eigenvalue weighted by Gasteiger charge is 2.49. The molecule has 40 heavy (non-hydrogen) atoms. The van der Waals surface area contributed by atoms with Crippen molar-refractivity contribution < 1.29 is 32.2 Å². The number of nitrogens with zero attached hydrogens (tertiary/aromatic N) is 4. The molecule has 3 heterocycles. The molecule has 3 amide bonds. The second kappa shape index (κ2) is 12.0. The van der Waals surface area contributed by atoms with Crippen LogP contribution in [-0.4, -0.2) is 69.6 Å². The maximum absolute atomic E-state index is 13.3. The summed E-state index contributed by atoms with van der Waals surface area (Å²) in [6.45, 7) is 4.88. The molecular weight excluding hydrogens is 553 g/mol. The minimum Gasteiger partial charge on any atom is -0.439 e. The molecule has 2 fully saturated rings. The molecule has 1 saturated heterocycles. The van der Waals surface area contributed by atoms with Crippen LogP contribution in [0.4, 0.5) is 22.8 Å². The summed E-state index contributed by atoms with van der Waals surface area (Å²) >= 11 is 6.51. The van der Waals surface area contributed by atoms with Crippen molar-refractivity contribution in [2.24, 2.45) is 5.92 Å². The number of nitrogens with one attached hydrogen (secondary N) is 2. The second-order valence-corrected chi connectivity index (χ2v) is 11.8. The van der Waals surface area contributed by atoms with Crippen LogP contribution in [0.25, 0.3) is 5.65 Å². The molecular formula is C26H36ClF3N6O4. The van der Waals surface area contributed by atoms with Crippen molar-refractivity contribution in [3.8, 4) is 0 Å². The first-order chi connectivity index (χ1) is 18.8. The van der Waals surface area contributed by atoms with Crippen LogP contribution < -0.4 is 10.6 Å². The molecule has 1 saturated carbocycles. The number of ether oxygens (including phenoxy) is 2.